The summed E-state index contributed by atoms with van der Waals surface area (Å²) >= 11 is 0. The third-order valence-corrected chi connectivity index (χ3v) is 8.27. The maximum absolute atomic E-state index is 13.5. The summed E-state index contributed by atoms with van der Waals surface area (Å²) in [5.74, 6) is 1.32. The summed E-state index contributed by atoms with van der Waals surface area (Å²) in [5.41, 5.74) is 11.5. The summed E-state index contributed by atoms with van der Waals surface area (Å²) in [7, 11) is 1.66. The average molecular weight is 554 g/mol. The van der Waals surface area contributed by atoms with Crippen LogP contribution in [0.4, 0.5) is 0 Å². The molecule has 1 fully saturated rings. The lowest BCUT2D eigenvalue weighted by Gasteiger charge is -2.33. The summed E-state index contributed by atoms with van der Waals surface area (Å²) in [6, 6.07) is 24.0. The second-order valence-corrected chi connectivity index (χ2v) is 10.9. The molecular weight excluding hydrogens is 514 g/mol. The molecule has 3 aromatic rings. The molecule has 0 aliphatic carbocycles. The van der Waals surface area contributed by atoms with Crippen LogP contribution in [0.3, 0.4) is 0 Å². The molecule has 41 heavy (non-hydrogen) atoms. The summed E-state index contributed by atoms with van der Waals surface area (Å²) in [6.45, 7) is 6.39. The van der Waals surface area contributed by atoms with Crippen molar-refractivity contribution in [3.05, 3.63) is 89.5 Å². The number of carbonyl (C=O) groups excluding carboxylic acids is 2. The van der Waals surface area contributed by atoms with Gasteiger partial charge in [-0.3, -0.25) is 14.5 Å². The second kappa shape index (κ2) is 12.6. The van der Waals surface area contributed by atoms with Gasteiger partial charge >= 0.3 is 0 Å². The molecule has 3 aromatic carbocycles. The van der Waals surface area contributed by atoms with E-state index >= 15 is 0 Å². The van der Waals surface area contributed by atoms with Crippen molar-refractivity contribution >= 4 is 17.8 Å². The number of rotatable bonds is 9. The number of nitrogens with one attached hydrogen (secondary N) is 1. The number of hydrogen-bond donors (Lipinski definition) is 2. The monoisotopic (exact) mass is 553 g/mol. The zero-order valence-corrected chi connectivity index (χ0v) is 24.0. The molecular formula is C33H39N5O3. The van der Waals surface area contributed by atoms with Crippen LogP contribution in [0.2, 0.25) is 0 Å². The SMILES string of the molecule is COc1ccc(CNC(C)c2ccccc2)c(-c2cccc(C3N=C(N)N(CC4CCN(C(C)=O)CC4)C3=O)c2)c1. The van der Waals surface area contributed by atoms with E-state index in [0.717, 1.165) is 40.8 Å². The van der Waals surface area contributed by atoms with Gasteiger partial charge < -0.3 is 20.7 Å². The summed E-state index contributed by atoms with van der Waals surface area (Å²) in [5, 5.41) is 3.64. The van der Waals surface area contributed by atoms with Crippen LogP contribution in [-0.4, -0.2) is 54.3 Å². The number of amides is 2. The molecule has 1 saturated heterocycles. The number of nitrogens with two attached hydrogens (primary N) is 1. The maximum atomic E-state index is 13.5. The summed E-state index contributed by atoms with van der Waals surface area (Å²) in [6.07, 6.45) is 1.71. The van der Waals surface area contributed by atoms with Gasteiger partial charge in [0.1, 0.15) is 5.75 Å². The molecule has 0 spiro atoms. The Labute approximate surface area is 242 Å². The Morgan fingerprint density at radius 2 is 1.83 bits per heavy atom. The smallest absolute Gasteiger partial charge is 0.258 e. The third kappa shape index (κ3) is 6.43. The van der Waals surface area contributed by atoms with Gasteiger partial charge in [-0.2, -0.15) is 0 Å². The van der Waals surface area contributed by atoms with Crippen molar-refractivity contribution in [3.63, 3.8) is 0 Å². The number of guanidine groups is 1. The molecule has 8 nitrogen and oxygen atoms in total. The third-order valence-electron chi connectivity index (χ3n) is 8.27. The normalized spacial score (nSPS) is 18.4. The quantitative estimate of drug-likeness (QED) is 0.401. The Bertz CT molecular complexity index is 1420. The first-order chi connectivity index (χ1) is 19.8. The number of ether oxygens (including phenoxy) is 1. The number of aliphatic imine (C=N–C) groups is 1. The van der Waals surface area contributed by atoms with Crippen LogP contribution in [0, 0.1) is 5.92 Å². The fourth-order valence-corrected chi connectivity index (χ4v) is 5.71. The number of hydrogen-bond acceptors (Lipinski definition) is 6. The van der Waals surface area contributed by atoms with Gasteiger partial charge in [0.2, 0.25) is 5.91 Å². The molecule has 0 radical (unpaired) electrons. The molecule has 2 amide bonds. The largest absolute Gasteiger partial charge is 0.497 e. The minimum atomic E-state index is -0.669. The fraction of sp³-hybridized carbons (Fsp3) is 0.364. The summed E-state index contributed by atoms with van der Waals surface area (Å²) < 4.78 is 5.55. The molecule has 5 rings (SSSR count). The van der Waals surface area contributed by atoms with Crippen molar-refractivity contribution in [1.82, 2.24) is 15.1 Å². The number of methoxy groups -OCH3 is 1. The van der Waals surface area contributed by atoms with Gasteiger partial charge in [-0.1, -0.05) is 54.6 Å². The van der Waals surface area contributed by atoms with E-state index in [0.29, 0.717) is 32.1 Å². The fourth-order valence-electron chi connectivity index (χ4n) is 5.71. The van der Waals surface area contributed by atoms with E-state index in [1.807, 2.05) is 41.3 Å². The van der Waals surface area contributed by atoms with Gasteiger partial charge in [0.25, 0.3) is 5.91 Å². The lowest BCUT2D eigenvalue weighted by molar-refractivity contribution is -0.131. The second-order valence-electron chi connectivity index (χ2n) is 10.9. The average Bonchev–Trinajstić information content (AvgIpc) is 3.29. The van der Waals surface area contributed by atoms with Crippen molar-refractivity contribution in [2.45, 2.75) is 45.3 Å². The van der Waals surface area contributed by atoms with Crippen molar-refractivity contribution in [1.29, 1.82) is 0 Å². The first-order valence-corrected chi connectivity index (χ1v) is 14.3. The van der Waals surface area contributed by atoms with E-state index < -0.39 is 6.04 Å². The first kappa shape index (κ1) is 28.4. The van der Waals surface area contributed by atoms with Crippen molar-refractivity contribution < 1.29 is 14.3 Å². The lowest BCUT2D eigenvalue weighted by atomic mass is 9.94. The van der Waals surface area contributed by atoms with E-state index in [2.05, 4.69) is 53.6 Å². The van der Waals surface area contributed by atoms with Crippen molar-refractivity contribution in [2.75, 3.05) is 26.7 Å². The van der Waals surface area contributed by atoms with Gasteiger partial charge in [0.15, 0.2) is 12.0 Å². The zero-order chi connectivity index (χ0) is 28.9. The van der Waals surface area contributed by atoms with Crippen LogP contribution in [0.5, 0.6) is 5.75 Å². The Kier molecular flexibility index (Phi) is 8.69. The summed E-state index contributed by atoms with van der Waals surface area (Å²) in [4.78, 5) is 33.3. The molecule has 2 aliphatic rings. The Morgan fingerprint density at radius 3 is 2.54 bits per heavy atom. The Hall–Kier alpha value is -4.17. The highest BCUT2D eigenvalue weighted by Crippen LogP contribution is 2.33. The molecule has 2 unspecified atom stereocenters. The minimum Gasteiger partial charge on any atom is -0.497 e. The number of carbonyl (C=O) groups is 2. The van der Waals surface area contributed by atoms with Gasteiger partial charge in [0.05, 0.1) is 7.11 Å². The van der Waals surface area contributed by atoms with E-state index in [4.69, 9.17) is 10.5 Å². The predicted molar refractivity (Wildman–Crippen MR) is 161 cm³/mol. The predicted octanol–water partition coefficient (Wildman–Crippen LogP) is 4.67. The maximum Gasteiger partial charge on any atom is 0.258 e. The number of piperidine rings is 1. The van der Waals surface area contributed by atoms with E-state index in [-0.39, 0.29) is 23.8 Å². The van der Waals surface area contributed by atoms with Crippen LogP contribution < -0.4 is 15.8 Å². The molecule has 0 bridgehead atoms. The van der Waals surface area contributed by atoms with Gasteiger partial charge in [0, 0.05) is 39.1 Å². The molecule has 8 heteroatoms. The Balaban J connectivity index is 1.33. The zero-order valence-electron chi connectivity index (χ0n) is 24.0. The van der Waals surface area contributed by atoms with Gasteiger partial charge in [-0.05, 0) is 71.7 Å². The van der Waals surface area contributed by atoms with Crippen LogP contribution in [0.1, 0.15) is 55.5 Å². The van der Waals surface area contributed by atoms with Crippen LogP contribution >= 0.6 is 0 Å². The number of benzene rings is 3. The van der Waals surface area contributed by atoms with Crippen molar-refractivity contribution in [3.8, 4) is 16.9 Å². The highest BCUT2D eigenvalue weighted by Gasteiger charge is 2.36. The Morgan fingerprint density at radius 1 is 1.07 bits per heavy atom. The first-order valence-electron chi connectivity index (χ1n) is 14.3. The van der Waals surface area contributed by atoms with Crippen LogP contribution in [0.25, 0.3) is 11.1 Å². The molecule has 214 valence electrons. The molecule has 2 atom stereocenters. The molecule has 2 aliphatic heterocycles. The molecule has 0 saturated carbocycles. The van der Waals surface area contributed by atoms with E-state index in [1.54, 1.807) is 18.9 Å². The molecule has 3 N–H and O–H groups in total. The van der Waals surface area contributed by atoms with Crippen molar-refractivity contribution in [2.24, 2.45) is 16.6 Å². The minimum absolute atomic E-state index is 0.0992. The standard InChI is InChI=1S/C33H39N5O3/c1-22(25-8-5-4-6-9-25)35-20-28-12-13-29(41-3)19-30(28)26-10-7-11-27(18-26)31-32(40)38(33(34)36-31)21-24-14-16-37(17-15-24)23(2)39/h4-13,18-19,22,24,31,35H,14-17,20-21H2,1-3H3,(H2,34,36). The van der Waals surface area contributed by atoms with E-state index in [1.165, 1.54) is 5.56 Å². The van der Waals surface area contributed by atoms with E-state index in [9.17, 15) is 9.59 Å². The lowest BCUT2D eigenvalue weighted by Crippen LogP contribution is -2.45. The number of likely N-dealkylation sites (tertiary alicyclic amines) is 1. The number of nitrogens with zero attached hydrogens (tertiary/aromatic N) is 3. The van der Waals surface area contributed by atoms with Crippen LogP contribution in [-0.2, 0) is 16.1 Å². The highest BCUT2D eigenvalue weighted by atomic mass is 16.5. The molecule has 0 aromatic heterocycles. The molecule has 2 heterocycles. The van der Waals surface area contributed by atoms with Crippen LogP contribution in [0.15, 0.2) is 77.8 Å². The highest BCUT2D eigenvalue weighted by molar-refractivity contribution is 6.04. The topological polar surface area (TPSA) is 100 Å². The van der Waals surface area contributed by atoms with Gasteiger partial charge in [-0.25, -0.2) is 4.99 Å². The van der Waals surface area contributed by atoms with Gasteiger partial charge in [-0.15, -0.1) is 0 Å².